The molecule has 0 radical (unpaired) electrons. The molecule has 1 fully saturated rings. The molecule has 112 valence electrons. The van der Waals surface area contributed by atoms with Crippen molar-refractivity contribution in [1.29, 1.82) is 0 Å². The van der Waals surface area contributed by atoms with Gasteiger partial charge in [0.1, 0.15) is 0 Å². The van der Waals surface area contributed by atoms with Crippen LogP contribution in [-0.2, 0) is 10.0 Å². The van der Waals surface area contributed by atoms with Crippen molar-refractivity contribution in [2.45, 2.75) is 25.3 Å². The molecule has 5 nitrogen and oxygen atoms in total. The highest BCUT2D eigenvalue weighted by atomic mass is 32.2. The SMILES string of the molecule is O=S(=O)(CCCNC1CC1)Nc1cccc2ncccc12. The molecular formula is C15H19N3O2S. The summed E-state index contributed by atoms with van der Waals surface area (Å²) < 4.78 is 27.0. The second-order valence-corrected chi connectivity index (χ2v) is 7.22. The van der Waals surface area contributed by atoms with Gasteiger partial charge < -0.3 is 5.32 Å². The summed E-state index contributed by atoms with van der Waals surface area (Å²) in [5, 5.41) is 4.14. The number of pyridine rings is 1. The van der Waals surface area contributed by atoms with Crippen LogP contribution in [0, 0.1) is 0 Å². The summed E-state index contributed by atoms with van der Waals surface area (Å²) >= 11 is 0. The maximum atomic E-state index is 12.1. The minimum atomic E-state index is -3.32. The Balaban J connectivity index is 1.65. The zero-order chi connectivity index (χ0) is 14.7. The topological polar surface area (TPSA) is 71.1 Å². The summed E-state index contributed by atoms with van der Waals surface area (Å²) in [7, 11) is -3.32. The second kappa shape index (κ2) is 5.99. The Morgan fingerprint density at radius 2 is 2.05 bits per heavy atom. The molecule has 3 rings (SSSR count). The molecule has 0 saturated heterocycles. The Morgan fingerprint density at radius 1 is 1.19 bits per heavy atom. The molecule has 1 heterocycles. The normalized spacial score (nSPS) is 15.2. The molecule has 2 aromatic rings. The van der Waals surface area contributed by atoms with E-state index in [4.69, 9.17) is 0 Å². The predicted octanol–water partition coefficient (Wildman–Crippen LogP) is 2.12. The van der Waals surface area contributed by atoms with E-state index in [1.54, 1.807) is 18.3 Å². The van der Waals surface area contributed by atoms with E-state index in [-0.39, 0.29) is 5.75 Å². The molecule has 2 N–H and O–H groups in total. The number of rotatable bonds is 7. The summed E-state index contributed by atoms with van der Waals surface area (Å²) in [6.07, 6.45) is 4.75. The molecule has 1 aliphatic rings. The molecule has 0 unspecified atom stereocenters. The summed E-state index contributed by atoms with van der Waals surface area (Å²) in [5.41, 5.74) is 1.38. The van der Waals surface area contributed by atoms with Crippen molar-refractivity contribution in [3.8, 4) is 0 Å². The Kier molecular flexibility index (Phi) is 4.07. The molecule has 21 heavy (non-hydrogen) atoms. The van der Waals surface area contributed by atoms with Gasteiger partial charge >= 0.3 is 0 Å². The molecule has 1 aromatic carbocycles. The lowest BCUT2D eigenvalue weighted by atomic mass is 10.2. The number of sulfonamides is 1. The van der Waals surface area contributed by atoms with Gasteiger partial charge in [-0.05, 0) is 50.1 Å². The van der Waals surface area contributed by atoms with Crippen LogP contribution in [0.3, 0.4) is 0 Å². The van der Waals surface area contributed by atoms with Gasteiger partial charge in [0.15, 0.2) is 0 Å². The first-order chi connectivity index (χ1) is 10.1. The summed E-state index contributed by atoms with van der Waals surface area (Å²) in [4.78, 5) is 4.23. The fraction of sp³-hybridized carbons (Fsp3) is 0.400. The molecular weight excluding hydrogens is 286 g/mol. The van der Waals surface area contributed by atoms with E-state index in [1.165, 1.54) is 12.8 Å². The first-order valence-electron chi connectivity index (χ1n) is 7.22. The average Bonchev–Trinajstić information content (AvgIpc) is 3.28. The number of nitrogens with one attached hydrogen (secondary N) is 2. The molecule has 0 amide bonds. The molecule has 0 bridgehead atoms. The van der Waals surface area contributed by atoms with Crippen LogP contribution in [-0.4, -0.2) is 31.7 Å². The van der Waals surface area contributed by atoms with Crippen molar-refractivity contribution < 1.29 is 8.42 Å². The Bertz CT molecular complexity index is 721. The largest absolute Gasteiger partial charge is 0.314 e. The van der Waals surface area contributed by atoms with Gasteiger partial charge in [0.25, 0.3) is 0 Å². The zero-order valence-corrected chi connectivity index (χ0v) is 12.6. The van der Waals surface area contributed by atoms with Gasteiger partial charge in [-0.1, -0.05) is 6.07 Å². The van der Waals surface area contributed by atoms with E-state index >= 15 is 0 Å². The Morgan fingerprint density at radius 3 is 2.86 bits per heavy atom. The van der Waals surface area contributed by atoms with E-state index in [1.807, 2.05) is 18.2 Å². The van der Waals surface area contributed by atoms with Crippen molar-refractivity contribution in [2.24, 2.45) is 0 Å². The van der Waals surface area contributed by atoms with Gasteiger partial charge in [0, 0.05) is 17.6 Å². The molecule has 1 aliphatic carbocycles. The van der Waals surface area contributed by atoms with Crippen LogP contribution in [0.25, 0.3) is 10.9 Å². The standard InChI is InChI=1S/C15H19N3O2S/c19-21(20,11-3-10-16-12-7-8-12)18-15-6-1-5-14-13(15)4-2-9-17-14/h1-2,4-6,9,12,16,18H,3,7-8,10-11H2. The van der Waals surface area contributed by atoms with Crippen LogP contribution in [0.1, 0.15) is 19.3 Å². The quantitative estimate of drug-likeness (QED) is 0.769. The zero-order valence-electron chi connectivity index (χ0n) is 11.7. The van der Waals surface area contributed by atoms with Gasteiger partial charge in [0.05, 0.1) is 17.0 Å². The minimum absolute atomic E-state index is 0.128. The van der Waals surface area contributed by atoms with Crippen LogP contribution in [0.4, 0.5) is 5.69 Å². The van der Waals surface area contributed by atoms with Crippen molar-refractivity contribution in [3.63, 3.8) is 0 Å². The highest BCUT2D eigenvalue weighted by Gasteiger charge is 2.20. The Labute approximate surface area is 124 Å². The van der Waals surface area contributed by atoms with E-state index in [9.17, 15) is 8.42 Å². The van der Waals surface area contributed by atoms with Crippen molar-refractivity contribution in [2.75, 3.05) is 17.0 Å². The summed E-state index contributed by atoms with van der Waals surface area (Å²) in [6.45, 7) is 0.753. The fourth-order valence-electron chi connectivity index (χ4n) is 2.27. The number of hydrogen-bond acceptors (Lipinski definition) is 4. The minimum Gasteiger partial charge on any atom is -0.314 e. The van der Waals surface area contributed by atoms with E-state index in [0.29, 0.717) is 18.2 Å². The van der Waals surface area contributed by atoms with Crippen molar-refractivity contribution in [3.05, 3.63) is 36.5 Å². The lowest BCUT2D eigenvalue weighted by Crippen LogP contribution is -2.23. The number of aromatic nitrogens is 1. The fourth-order valence-corrected chi connectivity index (χ4v) is 3.41. The number of fused-ring (bicyclic) bond motifs is 1. The smallest absolute Gasteiger partial charge is 0.232 e. The van der Waals surface area contributed by atoms with Gasteiger partial charge in [-0.15, -0.1) is 0 Å². The lowest BCUT2D eigenvalue weighted by Gasteiger charge is -2.10. The van der Waals surface area contributed by atoms with Gasteiger partial charge in [-0.3, -0.25) is 9.71 Å². The number of benzene rings is 1. The van der Waals surface area contributed by atoms with Crippen LogP contribution < -0.4 is 10.0 Å². The molecule has 0 aliphatic heterocycles. The number of hydrogen-bond donors (Lipinski definition) is 2. The maximum absolute atomic E-state index is 12.1. The first kappa shape index (κ1) is 14.3. The summed E-state index contributed by atoms with van der Waals surface area (Å²) in [5.74, 6) is 0.128. The van der Waals surface area contributed by atoms with Crippen LogP contribution in [0.15, 0.2) is 36.5 Å². The second-order valence-electron chi connectivity index (χ2n) is 5.38. The maximum Gasteiger partial charge on any atom is 0.232 e. The lowest BCUT2D eigenvalue weighted by molar-refractivity contribution is 0.593. The molecule has 0 atom stereocenters. The van der Waals surface area contributed by atoms with E-state index in [2.05, 4.69) is 15.0 Å². The molecule has 0 spiro atoms. The molecule has 1 aromatic heterocycles. The van der Waals surface area contributed by atoms with Crippen molar-refractivity contribution >= 4 is 26.6 Å². The number of nitrogens with zero attached hydrogens (tertiary/aromatic N) is 1. The highest BCUT2D eigenvalue weighted by molar-refractivity contribution is 7.92. The van der Waals surface area contributed by atoms with E-state index < -0.39 is 10.0 Å². The molecule has 1 saturated carbocycles. The third-order valence-electron chi connectivity index (χ3n) is 3.51. The van der Waals surface area contributed by atoms with Crippen LogP contribution in [0.5, 0.6) is 0 Å². The van der Waals surface area contributed by atoms with Crippen LogP contribution >= 0.6 is 0 Å². The monoisotopic (exact) mass is 305 g/mol. The highest BCUT2D eigenvalue weighted by Crippen LogP contribution is 2.22. The number of anilines is 1. The third kappa shape index (κ3) is 3.92. The first-order valence-corrected chi connectivity index (χ1v) is 8.87. The summed E-state index contributed by atoms with van der Waals surface area (Å²) in [6, 6.07) is 9.73. The van der Waals surface area contributed by atoms with Gasteiger partial charge in [-0.2, -0.15) is 0 Å². The van der Waals surface area contributed by atoms with Crippen LogP contribution in [0.2, 0.25) is 0 Å². The predicted molar refractivity (Wildman–Crippen MR) is 84.8 cm³/mol. The van der Waals surface area contributed by atoms with Gasteiger partial charge in [0.2, 0.25) is 10.0 Å². The third-order valence-corrected chi connectivity index (χ3v) is 4.87. The van der Waals surface area contributed by atoms with E-state index in [0.717, 1.165) is 17.4 Å². The Hall–Kier alpha value is -1.66. The van der Waals surface area contributed by atoms with Gasteiger partial charge in [-0.25, -0.2) is 8.42 Å². The molecule has 6 heteroatoms. The average molecular weight is 305 g/mol. The van der Waals surface area contributed by atoms with Crippen molar-refractivity contribution in [1.82, 2.24) is 10.3 Å².